The minimum absolute atomic E-state index is 0.0768. The van der Waals surface area contributed by atoms with E-state index in [0.717, 1.165) is 17.5 Å². The summed E-state index contributed by atoms with van der Waals surface area (Å²) >= 11 is 0. The lowest BCUT2D eigenvalue weighted by Crippen LogP contribution is -2.29. The molecule has 1 atom stereocenters. The van der Waals surface area contributed by atoms with E-state index >= 15 is 0 Å². The van der Waals surface area contributed by atoms with E-state index in [4.69, 9.17) is 5.73 Å². The average molecular weight is 244 g/mol. The number of hydrogen-bond donors (Lipinski definition) is 2. The van der Waals surface area contributed by atoms with Gasteiger partial charge in [-0.3, -0.25) is 9.78 Å². The summed E-state index contributed by atoms with van der Waals surface area (Å²) in [6, 6.07) is 7.53. The number of benzene rings is 1. The van der Waals surface area contributed by atoms with Gasteiger partial charge in [-0.2, -0.15) is 0 Å². The fourth-order valence-corrected chi connectivity index (χ4v) is 1.57. The fraction of sp³-hybridized carbons (Fsp3) is 0.308. The lowest BCUT2D eigenvalue weighted by atomic mass is 10.2. The fourth-order valence-electron chi connectivity index (χ4n) is 1.57. The number of para-hydroxylation sites is 2. The van der Waals surface area contributed by atoms with E-state index in [9.17, 15) is 4.79 Å². The third kappa shape index (κ3) is 3.01. The Kier molecular flexibility index (Phi) is 3.84. The van der Waals surface area contributed by atoms with Gasteiger partial charge in [0.25, 0.3) is 5.91 Å². The van der Waals surface area contributed by atoms with Crippen LogP contribution in [0.4, 0.5) is 0 Å². The van der Waals surface area contributed by atoms with Gasteiger partial charge in [-0.1, -0.05) is 12.1 Å². The number of rotatable bonds is 4. The molecule has 5 nitrogen and oxygen atoms in total. The number of nitrogens with two attached hydrogens (primary N) is 1. The summed E-state index contributed by atoms with van der Waals surface area (Å²) in [6.07, 6.45) is 2.23. The molecular formula is C13H16N4O. The van der Waals surface area contributed by atoms with Crippen molar-refractivity contribution in [1.82, 2.24) is 15.3 Å². The maximum Gasteiger partial charge on any atom is 0.271 e. The van der Waals surface area contributed by atoms with Crippen LogP contribution < -0.4 is 11.1 Å². The van der Waals surface area contributed by atoms with E-state index in [0.29, 0.717) is 12.2 Å². The highest BCUT2D eigenvalue weighted by atomic mass is 16.1. The van der Waals surface area contributed by atoms with Gasteiger partial charge in [0.1, 0.15) is 5.69 Å². The zero-order valence-corrected chi connectivity index (χ0v) is 10.3. The molecule has 0 aliphatic heterocycles. The van der Waals surface area contributed by atoms with Crippen LogP contribution in [0.2, 0.25) is 0 Å². The molecule has 1 aromatic heterocycles. The first-order valence-electron chi connectivity index (χ1n) is 5.92. The molecule has 0 bridgehead atoms. The number of carbonyl (C=O) groups excluding carboxylic acids is 1. The molecule has 1 aromatic carbocycles. The summed E-state index contributed by atoms with van der Waals surface area (Å²) < 4.78 is 0. The van der Waals surface area contributed by atoms with Gasteiger partial charge in [0, 0.05) is 12.6 Å². The van der Waals surface area contributed by atoms with Crippen molar-refractivity contribution in [2.75, 3.05) is 6.54 Å². The first-order valence-corrected chi connectivity index (χ1v) is 5.92. The lowest BCUT2D eigenvalue weighted by Gasteiger charge is -2.07. The van der Waals surface area contributed by atoms with E-state index in [1.807, 2.05) is 31.2 Å². The summed E-state index contributed by atoms with van der Waals surface area (Å²) in [5.41, 5.74) is 7.45. The predicted octanol–water partition coefficient (Wildman–Crippen LogP) is 1.10. The van der Waals surface area contributed by atoms with Crippen molar-refractivity contribution >= 4 is 16.9 Å². The molecule has 0 spiro atoms. The van der Waals surface area contributed by atoms with Crippen LogP contribution in [0.1, 0.15) is 23.8 Å². The van der Waals surface area contributed by atoms with E-state index in [-0.39, 0.29) is 11.9 Å². The Hall–Kier alpha value is -2.01. The molecule has 18 heavy (non-hydrogen) atoms. The number of nitrogens with one attached hydrogen (secondary N) is 1. The molecule has 0 saturated heterocycles. The number of carbonyl (C=O) groups is 1. The standard InChI is InChI=1S/C13H16N4O/c1-9(14)6-7-15-13(18)12-8-16-10-4-2-3-5-11(10)17-12/h2-5,8-9H,6-7,14H2,1H3,(H,15,18). The van der Waals surface area contributed by atoms with Gasteiger partial charge in [0.05, 0.1) is 17.2 Å². The van der Waals surface area contributed by atoms with Gasteiger partial charge in [-0.05, 0) is 25.5 Å². The normalized spacial score (nSPS) is 12.3. The second-order valence-corrected chi connectivity index (χ2v) is 4.27. The lowest BCUT2D eigenvalue weighted by molar-refractivity contribution is 0.0948. The minimum atomic E-state index is -0.214. The summed E-state index contributed by atoms with van der Waals surface area (Å²) in [7, 11) is 0. The predicted molar refractivity (Wildman–Crippen MR) is 70.1 cm³/mol. The molecular weight excluding hydrogens is 228 g/mol. The number of amides is 1. The van der Waals surface area contributed by atoms with Crippen LogP contribution in [0.3, 0.4) is 0 Å². The topological polar surface area (TPSA) is 80.9 Å². The Bertz CT molecular complexity index is 553. The molecule has 1 heterocycles. The molecule has 2 aromatic rings. The van der Waals surface area contributed by atoms with Gasteiger partial charge in [-0.15, -0.1) is 0 Å². The van der Waals surface area contributed by atoms with Crippen molar-refractivity contribution in [3.05, 3.63) is 36.2 Å². The van der Waals surface area contributed by atoms with E-state index < -0.39 is 0 Å². The maximum atomic E-state index is 11.8. The third-order valence-electron chi connectivity index (χ3n) is 2.57. The molecule has 94 valence electrons. The number of aromatic nitrogens is 2. The van der Waals surface area contributed by atoms with Gasteiger partial charge in [0.15, 0.2) is 0 Å². The Morgan fingerprint density at radius 3 is 2.83 bits per heavy atom. The molecule has 5 heteroatoms. The van der Waals surface area contributed by atoms with Crippen molar-refractivity contribution in [1.29, 1.82) is 0 Å². The van der Waals surface area contributed by atoms with E-state index in [1.165, 1.54) is 6.20 Å². The molecule has 3 N–H and O–H groups in total. The smallest absolute Gasteiger partial charge is 0.271 e. The number of nitrogens with zero attached hydrogens (tertiary/aromatic N) is 2. The second-order valence-electron chi connectivity index (χ2n) is 4.27. The molecule has 1 unspecified atom stereocenters. The number of fused-ring (bicyclic) bond motifs is 1. The van der Waals surface area contributed by atoms with Gasteiger partial charge in [0.2, 0.25) is 0 Å². The largest absolute Gasteiger partial charge is 0.351 e. The van der Waals surface area contributed by atoms with Gasteiger partial charge < -0.3 is 11.1 Å². The average Bonchev–Trinajstić information content (AvgIpc) is 2.37. The van der Waals surface area contributed by atoms with Crippen LogP contribution in [0.25, 0.3) is 11.0 Å². The highest BCUT2D eigenvalue weighted by molar-refractivity contribution is 5.93. The van der Waals surface area contributed by atoms with Crippen molar-refractivity contribution < 1.29 is 4.79 Å². The summed E-state index contributed by atoms with van der Waals surface area (Å²) in [5.74, 6) is -0.214. The van der Waals surface area contributed by atoms with Crippen LogP contribution in [-0.4, -0.2) is 28.5 Å². The molecule has 1 amide bonds. The molecule has 0 fully saturated rings. The van der Waals surface area contributed by atoms with Crippen LogP contribution in [0.15, 0.2) is 30.5 Å². The third-order valence-corrected chi connectivity index (χ3v) is 2.57. The Morgan fingerprint density at radius 1 is 1.39 bits per heavy atom. The summed E-state index contributed by atoms with van der Waals surface area (Å²) in [6.45, 7) is 2.45. The molecule has 2 rings (SSSR count). The van der Waals surface area contributed by atoms with E-state index in [1.54, 1.807) is 0 Å². The summed E-state index contributed by atoms with van der Waals surface area (Å²) in [5, 5.41) is 2.77. The highest BCUT2D eigenvalue weighted by Gasteiger charge is 2.08. The zero-order valence-electron chi connectivity index (χ0n) is 10.3. The SMILES string of the molecule is CC(N)CCNC(=O)c1cnc2ccccc2n1. The quantitative estimate of drug-likeness (QED) is 0.843. The van der Waals surface area contributed by atoms with Crippen LogP contribution >= 0.6 is 0 Å². The minimum Gasteiger partial charge on any atom is -0.351 e. The Morgan fingerprint density at radius 2 is 2.11 bits per heavy atom. The summed E-state index contributed by atoms with van der Waals surface area (Å²) in [4.78, 5) is 20.3. The van der Waals surface area contributed by atoms with Crippen LogP contribution in [0.5, 0.6) is 0 Å². The van der Waals surface area contributed by atoms with E-state index in [2.05, 4.69) is 15.3 Å². The van der Waals surface area contributed by atoms with Crippen molar-refractivity contribution in [2.24, 2.45) is 5.73 Å². The van der Waals surface area contributed by atoms with Crippen molar-refractivity contribution in [2.45, 2.75) is 19.4 Å². The Labute approximate surface area is 105 Å². The van der Waals surface area contributed by atoms with Crippen LogP contribution in [0, 0.1) is 0 Å². The zero-order chi connectivity index (χ0) is 13.0. The molecule has 0 radical (unpaired) electrons. The molecule has 0 aliphatic rings. The molecule has 0 saturated carbocycles. The van der Waals surface area contributed by atoms with Crippen molar-refractivity contribution in [3.8, 4) is 0 Å². The highest BCUT2D eigenvalue weighted by Crippen LogP contribution is 2.08. The maximum absolute atomic E-state index is 11.8. The van der Waals surface area contributed by atoms with Gasteiger partial charge >= 0.3 is 0 Å². The van der Waals surface area contributed by atoms with Gasteiger partial charge in [-0.25, -0.2) is 4.98 Å². The Balaban J connectivity index is 2.08. The first-order chi connectivity index (χ1) is 8.66. The number of hydrogen-bond acceptors (Lipinski definition) is 4. The first kappa shape index (κ1) is 12.4. The van der Waals surface area contributed by atoms with Crippen molar-refractivity contribution in [3.63, 3.8) is 0 Å². The monoisotopic (exact) mass is 244 g/mol. The van der Waals surface area contributed by atoms with Crippen LogP contribution in [-0.2, 0) is 0 Å². The molecule has 0 aliphatic carbocycles. The second kappa shape index (κ2) is 5.55.